The van der Waals surface area contributed by atoms with Crippen LogP contribution in [0.5, 0.6) is 5.75 Å². The molecule has 0 aliphatic carbocycles. The lowest BCUT2D eigenvalue weighted by molar-refractivity contribution is -0.139. The topological polar surface area (TPSA) is 124 Å². The summed E-state index contributed by atoms with van der Waals surface area (Å²) < 4.78 is 17.3. The number of halogens is 1. The lowest BCUT2D eigenvalue weighted by Gasteiger charge is -2.28. The van der Waals surface area contributed by atoms with Crippen molar-refractivity contribution in [1.29, 1.82) is 5.26 Å². The van der Waals surface area contributed by atoms with Crippen LogP contribution in [0.15, 0.2) is 63.7 Å². The van der Waals surface area contributed by atoms with E-state index in [1.165, 1.54) is 0 Å². The van der Waals surface area contributed by atoms with Crippen molar-refractivity contribution >= 4 is 33.5 Å². The predicted octanol–water partition coefficient (Wildman–Crippen LogP) is 4.73. The first-order valence-corrected chi connectivity index (χ1v) is 11.7. The third kappa shape index (κ3) is 5.66. The molecule has 35 heavy (non-hydrogen) atoms. The van der Waals surface area contributed by atoms with Gasteiger partial charge >= 0.3 is 5.97 Å². The van der Waals surface area contributed by atoms with Crippen molar-refractivity contribution in [1.82, 2.24) is 0 Å². The summed E-state index contributed by atoms with van der Waals surface area (Å²) in [5.41, 5.74) is 9.24. The van der Waals surface area contributed by atoms with Crippen molar-refractivity contribution in [3.05, 3.63) is 80.3 Å². The zero-order chi connectivity index (χ0) is 25.7. The van der Waals surface area contributed by atoms with Gasteiger partial charge in [0.2, 0.25) is 5.88 Å². The first-order chi connectivity index (χ1) is 16.7. The third-order valence-corrected chi connectivity index (χ3v) is 5.98. The van der Waals surface area contributed by atoms with Gasteiger partial charge in [0.15, 0.2) is 6.61 Å². The van der Waals surface area contributed by atoms with Crippen molar-refractivity contribution in [3.63, 3.8) is 0 Å². The molecule has 9 heteroatoms. The average molecular weight is 540 g/mol. The van der Waals surface area contributed by atoms with E-state index in [1.54, 1.807) is 32.0 Å². The van der Waals surface area contributed by atoms with Crippen LogP contribution in [0.25, 0.3) is 0 Å². The number of esters is 1. The Bertz CT molecular complexity index is 1260. The number of allylic oxidation sites excluding steroid dienone is 2. The number of carbonyl (C=O) groups excluding carboxylic acids is 2. The quantitative estimate of drug-likeness (QED) is 0.487. The number of amides is 1. The van der Waals surface area contributed by atoms with Gasteiger partial charge < -0.3 is 25.3 Å². The molecule has 1 amide bonds. The van der Waals surface area contributed by atoms with Crippen LogP contribution in [-0.4, -0.2) is 25.1 Å². The molecule has 0 radical (unpaired) electrons. The number of nitrogens with zero attached hydrogens (tertiary/aromatic N) is 1. The summed E-state index contributed by atoms with van der Waals surface area (Å²) in [6, 6.07) is 12.9. The van der Waals surface area contributed by atoms with E-state index in [-0.39, 0.29) is 41.9 Å². The molecule has 8 nitrogen and oxygen atoms in total. The minimum Gasteiger partial charge on any atom is -0.483 e. The minimum atomic E-state index is -0.901. The number of anilines is 1. The van der Waals surface area contributed by atoms with Gasteiger partial charge in [0.25, 0.3) is 5.91 Å². The Morgan fingerprint density at radius 1 is 1.20 bits per heavy atom. The number of benzene rings is 2. The maximum absolute atomic E-state index is 12.8. The van der Waals surface area contributed by atoms with E-state index in [1.807, 2.05) is 38.1 Å². The van der Waals surface area contributed by atoms with Crippen LogP contribution < -0.4 is 15.8 Å². The van der Waals surface area contributed by atoms with E-state index in [0.717, 1.165) is 16.8 Å². The van der Waals surface area contributed by atoms with E-state index < -0.39 is 11.9 Å². The summed E-state index contributed by atoms with van der Waals surface area (Å²) in [4.78, 5) is 25.5. The number of nitrogens with two attached hydrogens (primary N) is 1. The molecule has 1 aliphatic rings. The summed E-state index contributed by atoms with van der Waals surface area (Å²) in [5.74, 6) is -1.45. The fraction of sp³-hybridized carbons (Fsp3) is 0.269. The number of hydrogen-bond acceptors (Lipinski definition) is 7. The number of hydrogen-bond donors (Lipinski definition) is 2. The predicted molar refractivity (Wildman–Crippen MR) is 134 cm³/mol. The van der Waals surface area contributed by atoms with Crippen LogP contribution >= 0.6 is 15.9 Å². The second-order valence-electron chi connectivity index (χ2n) is 7.90. The summed E-state index contributed by atoms with van der Waals surface area (Å²) in [6.07, 6.45) is 0. The van der Waals surface area contributed by atoms with Crippen LogP contribution in [0.3, 0.4) is 0 Å². The number of para-hydroxylation sites is 1. The number of rotatable bonds is 7. The maximum atomic E-state index is 12.8. The van der Waals surface area contributed by atoms with E-state index in [2.05, 4.69) is 21.2 Å². The van der Waals surface area contributed by atoms with Gasteiger partial charge in [0.05, 0.1) is 18.1 Å². The fourth-order valence-corrected chi connectivity index (χ4v) is 4.25. The average Bonchev–Trinajstić information content (AvgIpc) is 2.80. The highest BCUT2D eigenvalue weighted by Crippen LogP contribution is 2.43. The molecular weight excluding hydrogens is 514 g/mol. The Labute approximate surface area is 212 Å². The van der Waals surface area contributed by atoms with Gasteiger partial charge in [0.1, 0.15) is 23.2 Å². The van der Waals surface area contributed by atoms with Gasteiger partial charge in [0, 0.05) is 15.7 Å². The molecule has 182 valence electrons. The van der Waals surface area contributed by atoms with Crippen molar-refractivity contribution < 1.29 is 23.8 Å². The summed E-state index contributed by atoms with van der Waals surface area (Å²) in [7, 11) is 0. The van der Waals surface area contributed by atoms with Gasteiger partial charge in [-0.25, -0.2) is 4.79 Å². The van der Waals surface area contributed by atoms with Crippen LogP contribution in [0.4, 0.5) is 5.69 Å². The maximum Gasteiger partial charge on any atom is 0.338 e. The Hall–Kier alpha value is -3.77. The minimum absolute atomic E-state index is 0.0431. The van der Waals surface area contributed by atoms with Crippen LogP contribution in [0, 0.1) is 25.2 Å². The van der Waals surface area contributed by atoms with E-state index in [0.29, 0.717) is 15.8 Å². The van der Waals surface area contributed by atoms with Crippen molar-refractivity contribution in [2.24, 2.45) is 5.73 Å². The smallest absolute Gasteiger partial charge is 0.338 e. The number of carbonyl (C=O) groups is 2. The normalized spacial score (nSPS) is 15.3. The molecule has 3 rings (SSSR count). The molecule has 0 bridgehead atoms. The SMILES string of the molecule is CCOC(=O)C1=C(C)OC(N)=C(C#N)C1c1cc(Br)ccc1OCC(=O)Nc1c(C)cccc1C. The highest BCUT2D eigenvalue weighted by atomic mass is 79.9. The third-order valence-electron chi connectivity index (χ3n) is 5.49. The summed E-state index contributed by atoms with van der Waals surface area (Å²) >= 11 is 3.43. The lowest BCUT2D eigenvalue weighted by atomic mass is 9.82. The van der Waals surface area contributed by atoms with Gasteiger partial charge in [-0.05, 0) is 57.0 Å². The van der Waals surface area contributed by atoms with Gasteiger partial charge in [-0.3, -0.25) is 4.79 Å². The zero-order valence-electron chi connectivity index (χ0n) is 19.9. The molecule has 0 saturated heterocycles. The van der Waals surface area contributed by atoms with E-state index in [4.69, 9.17) is 19.9 Å². The van der Waals surface area contributed by atoms with Gasteiger partial charge in [-0.1, -0.05) is 34.1 Å². The molecule has 1 atom stereocenters. The van der Waals surface area contributed by atoms with Crippen LogP contribution in [0.2, 0.25) is 0 Å². The van der Waals surface area contributed by atoms with Crippen LogP contribution in [-0.2, 0) is 19.1 Å². The molecule has 1 heterocycles. The standard InChI is InChI=1S/C26H26BrN3O5/c1-5-33-26(32)22-16(4)35-25(29)19(12-28)23(22)18-11-17(27)9-10-20(18)34-13-21(31)30-24-14(2)7-6-8-15(24)3/h6-11,23H,5,13,29H2,1-4H3,(H,30,31). The molecule has 0 fully saturated rings. The molecule has 1 aliphatic heterocycles. The van der Waals surface area contributed by atoms with Crippen molar-refractivity contribution in [3.8, 4) is 11.8 Å². The van der Waals surface area contributed by atoms with Crippen LogP contribution in [0.1, 0.15) is 36.5 Å². The fourth-order valence-electron chi connectivity index (χ4n) is 3.87. The molecule has 2 aromatic rings. The monoisotopic (exact) mass is 539 g/mol. The molecule has 0 aromatic heterocycles. The van der Waals surface area contributed by atoms with Gasteiger partial charge in [-0.2, -0.15) is 5.26 Å². The van der Waals surface area contributed by atoms with Crippen molar-refractivity contribution in [2.75, 3.05) is 18.5 Å². The molecule has 0 spiro atoms. The number of ether oxygens (including phenoxy) is 3. The highest BCUT2D eigenvalue weighted by Gasteiger charge is 2.38. The second-order valence-corrected chi connectivity index (χ2v) is 8.82. The largest absolute Gasteiger partial charge is 0.483 e. The lowest BCUT2D eigenvalue weighted by Crippen LogP contribution is -2.26. The zero-order valence-corrected chi connectivity index (χ0v) is 21.5. The molecule has 2 aromatic carbocycles. The van der Waals surface area contributed by atoms with Gasteiger partial charge in [-0.15, -0.1) is 0 Å². The first kappa shape index (κ1) is 25.8. The molecule has 0 saturated carbocycles. The number of nitriles is 1. The number of nitrogens with one attached hydrogen (secondary N) is 1. The molecular formula is C26H26BrN3O5. The summed E-state index contributed by atoms with van der Waals surface area (Å²) in [5, 5.41) is 12.7. The highest BCUT2D eigenvalue weighted by molar-refractivity contribution is 9.10. The van der Waals surface area contributed by atoms with Crippen molar-refractivity contribution in [2.45, 2.75) is 33.6 Å². The summed E-state index contributed by atoms with van der Waals surface area (Å²) in [6.45, 7) is 6.94. The Morgan fingerprint density at radius 2 is 1.89 bits per heavy atom. The Balaban J connectivity index is 1.97. The first-order valence-electron chi connectivity index (χ1n) is 10.9. The second kappa shape index (κ2) is 11.1. The molecule has 3 N–H and O–H groups in total. The Morgan fingerprint density at radius 3 is 2.51 bits per heavy atom. The number of aryl methyl sites for hydroxylation is 2. The molecule has 1 unspecified atom stereocenters. The van der Waals surface area contributed by atoms with E-state index >= 15 is 0 Å². The van der Waals surface area contributed by atoms with E-state index in [9.17, 15) is 14.9 Å². The Kier molecular flexibility index (Phi) is 8.20.